The van der Waals surface area contributed by atoms with E-state index >= 15 is 0 Å². The Morgan fingerprint density at radius 1 is 1.19 bits per heavy atom. The summed E-state index contributed by atoms with van der Waals surface area (Å²) in [5, 5.41) is 8.04. The maximum atomic E-state index is 13.2. The molecule has 8 nitrogen and oxygen atoms in total. The van der Waals surface area contributed by atoms with Crippen LogP contribution in [0.5, 0.6) is 0 Å². The highest BCUT2D eigenvalue weighted by Gasteiger charge is 2.17. The van der Waals surface area contributed by atoms with Gasteiger partial charge in [-0.3, -0.25) is 9.36 Å². The molecule has 188 valence electrons. The maximum Gasteiger partial charge on any atom is 0.267 e. The van der Waals surface area contributed by atoms with E-state index < -0.39 is 0 Å². The van der Waals surface area contributed by atoms with Gasteiger partial charge in [0, 0.05) is 62.0 Å². The first-order valence-corrected chi connectivity index (χ1v) is 13.1. The van der Waals surface area contributed by atoms with E-state index in [1.54, 1.807) is 16.8 Å². The number of hydrogen-bond donors (Lipinski definition) is 3. The fraction of sp³-hybridized carbons (Fsp3) is 0.444. The molecule has 2 aromatic heterocycles. The number of aromatic nitrogens is 3. The number of pyridine rings is 1. The van der Waals surface area contributed by atoms with Crippen molar-refractivity contribution in [2.45, 2.75) is 45.2 Å². The number of nitrogens with zero attached hydrogens (tertiary/aromatic N) is 4. The predicted molar refractivity (Wildman–Crippen MR) is 146 cm³/mol. The standard InChI is InChI=1S/C27H32ClN7O/c1-2-35-25-20(15-19(26(35)36)6-3-18-4-7-21(29)8-5-18)17-31-27(33-25)32-22-9-10-24(23(28)16-22)34-13-11-30-12-14-34/h9-10,15-18,21,30H,2,4-5,7-8,11-14,29H2,1H3,(H,31,32,33). The Bertz CT molecular complexity index is 1360. The number of anilines is 3. The molecule has 0 bridgehead atoms. The first-order valence-electron chi connectivity index (χ1n) is 12.7. The summed E-state index contributed by atoms with van der Waals surface area (Å²) in [5.41, 5.74) is 8.75. The van der Waals surface area contributed by atoms with Crippen molar-refractivity contribution in [3.63, 3.8) is 0 Å². The molecule has 3 aromatic rings. The molecule has 36 heavy (non-hydrogen) atoms. The third kappa shape index (κ3) is 5.34. The van der Waals surface area contributed by atoms with Gasteiger partial charge in [-0.05, 0) is 56.9 Å². The van der Waals surface area contributed by atoms with Crippen molar-refractivity contribution in [2.24, 2.45) is 11.7 Å². The fourth-order valence-corrected chi connectivity index (χ4v) is 5.22. The summed E-state index contributed by atoms with van der Waals surface area (Å²) in [6.45, 7) is 6.17. The van der Waals surface area contributed by atoms with Crippen molar-refractivity contribution in [3.8, 4) is 11.8 Å². The van der Waals surface area contributed by atoms with Gasteiger partial charge in [-0.1, -0.05) is 23.4 Å². The van der Waals surface area contributed by atoms with Gasteiger partial charge in [0.25, 0.3) is 5.56 Å². The average Bonchev–Trinajstić information content (AvgIpc) is 2.89. The number of benzene rings is 1. The molecule has 5 rings (SSSR count). The van der Waals surface area contributed by atoms with Crippen LogP contribution in [-0.2, 0) is 6.54 Å². The summed E-state index contributed by atoms with van der Waals surface area (Å²) >= 11 is 6.60. The summed E-state index contributed by atoms with van der Waals surface area (Å²) in [7, 11) is 0. The van der Waals surface area contributed by atoms with Crippen LogP contribution >= 0.6 is 11.6 Å². The Hall–Kier alpha value is -3.12. The molecule has 1 aliphatic heterocycles. The lowest BCUT2D eigenvalue weighted by Crippen LogP contribution is -2.43. The minimum absolute atomic E-state index is 0.127. The molecule has 0 unspecified atom stereocenters. The Balaban J connectivity index is 1.39. The molecule has 1 saturated carbocycles. The fourth-order valence-electron chi connectivity index (χ4n) is 4.92. The van der Waals surface area contributed by atoms with Gasteiger partial charge in [0.15, 0.2) is 0 Å². The van der Waals surface area contributed by atoms with Crippen molar-refractivity contribution < 1.29 is 0 Å². The summed E-state index contributed by atoms with van der Waals surface area (Å²) in [5.74, 6) is 7.14. The van der Waals surface area contributed by atoms with Crippen LogP contribution in [-0.4, -0.2) is 46.8 Å². The smallest absolute Gasteiger partial charge is 0.267 e. The Labute approximate surface area is 216 Å². The van der Waals surface area contributed by atoms with Gasteiger partial charge in [0.1, 0.15) is 5.65 Å². The molecule has 0 spiro atoms. The van der Waals surface area contributed by atoms with Crippen LogP contribution in [0.3, 0.4) is 0 Å². The van der Waals surface area contributed by atoms with E-state index in [1.807, 2.05) is 25.1 Å². The van der Waals surface area contributed by atoms with Crippen molar-refractivity contribution in [1.29, 1.82) is 0 Å². The average molecular weight is 506 g/mol. The normalized spacial score (nSPS) is 20.1. The van der Waals surface area contributed by atoms with E-state index in [2.05, 4.69) is 37.3 Å². The largest absolute Gasteiger partial charge is 0.368 e. The molecule has 1 saturated heterocycles. The van der Waals surface area contributed by atoms with Gasteiger partial charge in [0.05, 0.1) is 16.3 Å². The molecule has 0 atom stereocenters. The number of halogens is 1. The lowest BCUT2D eigenvalue weighted by Gasteiger charge is -2.30. The molecule has 1 aliphatic carbocycles. The highest BCUT2D eigenvalue weighted by atomic mass is 35.5. The van der Waals surface area contributed by atoms with Gasteiger partial charge < -0.3 is 21.3 Å². The third-order valence-electron chi connectivity index (χ3n) is 6.99. The second-order valence-corrected chi connectivity index (χ2v) is 9.90. The number of piperazine rings is 1. The van der Waals surface area contributed by atoms with Crippen LogP contribution in [0.1, 0.15) is 38.2 Å². The van der Waals surface area contributed by atoms with E-state index in [4.69, 9.17) is 17.3 Å². The van der Waals surface area contributed by atoms with E-state index in [0.717, 1.165) is 68.6 Å². The minimum atomic E-state index is -0.127. The van der Waals surface area contributed by atoms with Crippen molar-refractivity contribution in [2.75, 3.05) is 36.4 Å². The number of nitrogens with one attached hydrogen (secondary N) is 2. The van der Waals surface area contributed by atoms with E-state index in [9.17, 15) is 4.79 Å². The second-order valence-electron chi connectivity index (χ2n) is 9.49. The van der Waals surface area contributed by atoms with Crippen molar-refractivity contribution >= 4 is 40.0 Å². The molecular weight excluding hydrogens is 474 g/mol. The molecule has 2 fully saturated rings. The number of fused-ring (bicyclic) bond motifs is 1. The molecule has 9 heteroatoms. The summed E-state index contributed by atoms with van der Waals surface area (Å²) in [6, 6.07) is 7.96. The summed E-state index contributed by atoms with van der Waals surface area (Å²) in [6.07, 6.45) is 5.69. The van der Waals surface area contributed by atoms with Crippen LogP contribution < -0.4 is 26.8 Å². The number of rotatable bonds is 4. The summed E-state index contributed by atoms with van der Waals surface area (Å²) in [4.78, 5) is 24.6. The lowest BCUT2D eigenvalue weighted by atomic mass is 9.87. The quantitative estimate of drug-likeness (QED) is 0.466. The van der Waals surface area contributed by atoms with Crippen molar-refractivity contribution in [3.05, 3.63) is 51.4 Å². The van der Waals surface area contributed by atoms with Gasteiger partial charge in [-0.15, -0.1) is 0 Å². The number of nitrogens with two attached hydrogens (primary N) is 1. The van der Waals surface area contributed by atoms with Crippen LogP contribution in [0.15, 0.2) is 35.3 Å². The lowest BCUT2D eigenvalue weighted by molar-refractivity contribution is 0.384. The topological polar surface area (TPSA) is 101 Å². The maximum absolute atomic E-state index is 13.2. The van der Waals surface area contributed by atoms with Gasteiger partial charge >= 0.3 is 0 Å². The zero-order valence-electron chi connectivity index (χ0n) is 20.6. The third-order valence-corrected chi connectivity index (χ3v) is 7.29. The molecule has 3 heterocycles. The highest BCUT2D eigenvalue weighted by molar-refractivity contribution is 6.33. The minimum Gasteiger partial charge on any atom is -0.368 e. The van der Waals surface area contributed by atoms with E-state index in [1.165, 1.54) is 0 Å². The molecule has 0 radical (unpaired) electrons. The van der Waals surface area contributed by atoms with Crippen LogP contribution in [0.4, 0.5) is 17.3 Å². The molecule has 2 aliphatic rings. The first-order chi connectivity index (χ1) is 17.5. The summed E-state index contributed by atoms with van der Waals surface area (Å²) < 4.78 is 1.66. The highest BCUT2D eigenvalue weighted by Crippen LogP contribution is 2.30. The van der Waals surface area contributed by atoms with E-state index in [0.29, 0.717) is 34.6 Å². The van der Waals surface area contributed by atoms with E-state index in [-0.39, 0.29) is 11.6 Å². The first kappa shape index (κ1) is 24.6. The Morgan fingerprint density at radius 3 is 2.69 bits per heavy atom. The SMILES string of the molecule is CCn1c(=O)c(C#CC2CCC(N)CC2)cc2cnc(Nc3ccc(N4CCNCC4)c(Cl)c3)nc21. The Kier molecular flexibility index (Phi) is 7.42. The molecule has 0 amide bonds. The monoisotopic (exact) mass is 505 g/mol. The predicted octanol–water partition coefficient (Wildman–Crippen LogP) is 3.49. The zero-order valence-corrected chi connectivity index (χ0v) is 21.3. The number of aryl methyl sites for hydroxylation is 1. The van der Waals surface area contributed by atoms with Crippen molar-refractivity contribution in [1.82, 2.24) is 19.9 Å². The molecule has 1 aromatic carbocycles. The molecular formula is C27H32ClN7O. The van der Waals surface area contributed by atoms with Gasteiger partial charge in [0.2, 0.25) is 5.95 Å². The van der Waals surface area contributed by atoms with Crippen LogP contribution in [0.2, 0.25) is 5.02 Å². The van der Waals surface area contributed by atoms with Gasteiger partial charge in [-0.25, -0.2) is 4.98 Å². The zero-order chi connectivity index (χ0) is 25.1. The van der Waals surface area contributed by atoms with Gasteiger partial charge in [-0.2, -0.15) is 4.98 Å². The second kappa shape index (κ2) is 10.9. The number of hydrogen-bond acceptors (Lipinski definition) is 7. The van der Waals surface area contributed by atoms with Crippen LogP contribution in [0, 0.1) is 17.8 Å². The van der Waals surface area contributed by atoms with Crippen LogP contribution in [0.25, 0.3) is 11.0 Å². The Morgan fingerprint density at radius 2 is 1.97 bits per heavy atom. The molecule has 4 N–H and O–H groups in total.